The molecule has 0 aliphatic carbocycles. The van der Waals surface area contributed by atoms with Crippen LogP contribution in [-0.4, -0.2) is 11.0 Å². The topological polar surface area (TPSA) is 20.2 Å². The van der Waals surface area contributed by atoms with Crippen LogP contribution >= 0.6 is 27.5 Å². The molecule has 0 saturated heterocycles. The first-order valence-corrected chi connectivity index (χ1v) is 4.98. The summed E-state index contributed by atoms with van der Waals surface area (Å²) in [5.74, 6) is 0.233. The van der Waals surface area contributed by atoms with Crippen LogP contribution in [0.25, 0.3) is 0 Å². The largest absolute Gasteiger partial charge is 0.387 e. The van der Waals surface area contributed by atoms with E-state index in [1.807, 2.05) is 25.1 Å². The Hall–Kier alpha value is -0.0500. The van der Waals surface area contributed by atoms with Crippen molar-refractivity contribution in [2.45, 2.75) is 13.0 Å². The molecule has 0 heterocycles. The highest BCUT2D eigenvalue weighted by atomic mass is 79.9. The Labute approximate surface area is 85.5 Å². The first kappa shape index (κ1) is 10.0. The lowest BCUT2D eigenvalue weighted by Crippen LogP contribution is -2.00. The van der Waals surface area contributed by atoms with E-state index >= 15 is 0 Å². The van der Waals surface area contributed by atoms with Crippen molar-refractivity contribution in [2.75, 3.05) is 5.88 Å². The Bertz CT molecular complexity index is 275. The van der Waals surface area contributed by atoms with Gasteiger partial charge in [-0.2, -0.15) is 0 Å². The maximum Gasteiger partial charge on any atom is 0.0928 e. The zero-order chi connectivity index (χ0) is 9.14. The van der Waals surface area contributed by atoms with Crippen LogP contribution in [0.4, 0.5) is 0 Å². The third kappa shape index (κ3) is 2.22. The van der Waals surface area contributed by atoms with Gasteiger partial charge in [-0.1, -0.05) is 22.0 Å². The second-order valence-electron chi connectivity index (χ2n) is 2.67. The predicted molar refractivity (Wildman–Crippen MR) is 54.6 cm³/mol. The smallest absolute Gasteiger partial charge is 0.0928 e. The molecule has 0 bridgehead atoms. The van der Waals surface area contributed by atoms with Crippen molar-refractivity contribution in [2.24, 2.45) is 0 Å². The van der Waals surface area contributed by atoms with Gasteiger partial charge in [0.2, 0.25) is 0 Å². The average molecular weight is 250 g/mol. The zero-order valence-electron chi connectivity index (χ0n) is 6.72. The quantitative estimate of drug-likeness (QED) is 0.799. The second-order valence-corrected chi connectivity index (χ2v) is 3.90. The van der Waals surface area contributed by atoms with Crippen LogP contribution < -0.4 is 0 Å². The Kier molecular flexibility index (Phi) is 3.56. The number of hydrogen-bond donors (Lipinski definition) is 1. The highest BCUT2D eigenvalue weighted by molar-refractivity contribution is 9.10. The minimum Gasteiger partial charge on any atom is -0.387 e. The normalized spacial score (nSPS) is 13.0. The highest BCUT2D eigenvalue weighted by Gasteiger charge is 2.08. The molecule has 1 rings (SSSR count). The number of hydrogen-bond acceptors (Lipinski definition) is 1. The Balaban J connectivity index is 3.04. The third-order valence-electron chi connectivity index (χ3n) is 1.75. The molecule has 0 amide bonds. The van der Waals surface area contributed by atoms with Crippen LogP contribution in [0.5, 0.6) is 0 Å². The van der Waals surface area contributed by atoms with Gasteiger partial charge >= 0.3 is 0 Å². The molecule has 0 saturated carbocycles. The minimum atomic E-state index is -0.566. The van der Waals surface area contributed by atoms with E-state index in [-0.39, 0.29) is 5.88 Å². The van der Waals surface area contributed by atoms with Gasteiger partial charge in [0, 0.05) is 4.47 Å². The first-order chi connectivity index (χ1) is 5.65. The molecule has 1 nitrogen and oxygen atoms in total. The first-order valence-electron chi connectivity index (χ1n) is 3.65. The number of benzene rings is 1. The number of halogens is 2. The van der Waals surface area contributed by atoms with Gasteiger partial charge in [0.15, 0.2) is 0 Å². The van der Waals surface area contributed by atoms with Crippen LogP contribution in [0.15, 0.2) is 22.7 Å². The molecular weight excluding hydrogens is 239 g/mol. The molecule has 1 unspecified atom stereocenters. The molecule has 0 aliphatic heterocycles. The van der Waals surface area contributed by atoms with Crippen molar-refractivity contribution >= 4 is 27.5 Å². The van der Waals surface area contributed by atoms with E-state index in [0.29, 0.717) is 0 Å². The number of rotatable bonds is 2. The summed E-state index contributed by atoms with van der Waals surface area (Å²) in [5.41, 5.74) is 1.95. The molecule has 12 heavy (non-hydrogen) atoms. The van der Waals surface area contributed by atoms with Crippen molar-refractivity contribution in [1.82, 2.24) is 0 Å². The van der Waals surface area contributed by atoms with E-state index in [2.05, 4.69) is 15.9 Å². The molecule has 1 atom stereocenters. The SMILES string of the molecule is Cc1ccc(Br)cc1C(O)CCl. The van der Waals surface area contributed by atoms with Gasteiger partial charge in [-0.3, -0.25) is 0 Å². The van der Waals surface area contributed by atoms with E-state index in [1.54, 1.807) is 0 Å². The monoisotopic (exact) mass is 248 g/mol. The summed E-state index contributed by atoms with van der Waals surface area (Å²) in [6, 6.07) is 5.79. The fourth-order valence-corrected chi connectivity index (χ4v) is 1.60. The number of aryl methyl sites for hydroxylation is 1. The van der Waals surface area contributed by atoms with Gasteiger partial charge in [0.05, 0.1) is 12.0 Å². The Morgan fingerprint density at radius 1 is 1.58 bits per heavy atom. The van der Waals surface area contributed by atoms with Crippen LogP contribution in [0.3, 0.4) is 0 Å². The lowest BCUT2D eigenvalue weighted by molar-refractivity contribution is 0.202. The number of aliphatic hydroxyl groups is 1. The fourth-order valence-electron chi connectivity index (χ4n) is 1.05. The van der Waals surface area contributed by atoms with Crippen molar-refractivity contribution in [3.05, 3.63) is 33.8 Å². The number of aliphatic hydroxyl groups excluding tert-OH is 1. The zero-order valence-corrected chi connectivity index (χ0v) is 9.06. The van der Waals surface area contributed by atoms with Gasteiger partial charge < -0.3 is 5.11 Å². The van der Waals surface area contributed by atoms with E-state index in [9.17, 15) is 5.11 Å². The standard InChI is InChI=1S/C9H10BrClO/c1-6-2-3-7(10)4-8(6)9(12)5-11/h2-4,9,12H,5H2,1H3. The van der Waals surface area contributed by atoms with Gasteiger partial charge in [0.1, 0.15) is 0 Å². The Morgan fingerprint density at radius 3 is 2.83 bits per heavy atom. The molecule has 0 radical (unpaired) electrons. The molecule has 66 valence electrons. The van der Waals surface area contributed by atoms with Gasteiger partial charge in [-0.15, -0.1) is 11.6 Å². The molecule has 0 aliphatic rings. The summed E-state index contributed by atoms with van der Waals surface area (Å²) in [5, 5.41) is 9.48. The van der Waals surface area contributed by atoms with Crippen LogP contribution in [0, 0.1) is 6.92 Å². The van der Waals surface area contributed by atoms with Crippen molar-refractivity contribution < 1.29 is 5.11 Å². The van der Waals surface area contributed by atoms with Crippen LogP contribution in [0.2, 0.25) is 0 Å². The summed E-state index contributed by atoms with van der Waals surface area (Å²) >= 11 is 8.89. The van der Waals surface area contributed by atoms with Crippen LogP contribution in [0.1, 0.15) is 17.2 Å². The minimum absolute atomic E-state index is 0.233. The second kappa shape index (κ2) is 4.26. The van der Waals surface area contributed by atoms with Gasteiger partial charge in [0.25, 0.3) is 0 Å². The van der Waals surface area contributed by atoms with Gasteiger partial charge in [-0.05, 0) is 30.2 Å². The molecule has 0 spiro atoms. The molecule has 1 aromatic rings. The molecule has 3 heteroatoms. The molecule has 1 N–H and O–H groups in total. The van der Waals surface area contributed by atoms with Crippen molar-refractivity contribution in [3.63, 3.8) is 0 Å². The maximum atomic E-state index is 9.48. The van der Waals surface area contributed by atoms with Crippen molar-refractivity contribution in [1.29, 1.82) is 0 Å². The van der Waals surface area contributed by atoms with Crippen molar-refractivity contribution in [3.8, 4) is 0 Å². The summed E-state index contributed by atoms with van der Waals surface area (Å²) in [6.07, 6.45) is -0.566. The maximum absolute atomic E-state index is 9.48. The Morgan fingerprint density at radius 2 is 2.25 bits per heavy atom. The van der Waals surface area contributed by atoms with E-state index < -0.39 is 6.10 Å². The third-order valence-corrected chi connectivity index (χ3v) is 2.53. The summed E-state index contributed by atoms with van der Waals surface area (Å²) < 4.78 is 0.965. The van der Waals surface area contributed by atoms with Crippen LogP contribution in [-0.2, 0) is 0 Å². The summed E-state index contributed by atoms with van der Waals surface area (Å²) in [6.45, 7) is 1.96. The van der Waals surface area contributed by atoms with E-state index in [4.69, 9.17) is 11.6 Å². The van der Waals surface area contributed by atoms with E-state index in [0.717, 1.165) is 15.6 Å². The molecule has 0 aromatic heterocycles. The molecule has 0 fully saturated rings. The van der Waals surface area contributed by atoms with E-state index in [1.165, 1.54) is 0 Å². The lowest BCUT2D eigenvalue weighted by atomic mass is 10.1. The predicted octanol–water partition coefficient (Wildman–Crippen LogP) is 3.03. The molecular formula is C9H10BrClO. The number of alkyl halides is 1. The molecule has 1 aromatic carbocycles. The average Bonchev–Trinajstić information content (AvgIpc) is 2.08. The fraction of sp³-hybridized carbons (Fsp3) is 0.333. The highest BCUT2D eigenvalue weighted by Crippen LogP contribution is 2.22. The lowest BCUT2D eigenvalue weighted by Gasteiger charge is -2.10. The summed E-state index contributed by atoms with van der Waals surface area (Å²) in [4.78, 5) is 0. The summed E-state index contributed by atoms with van der Waals surface area (Å²) in [7, 11) is 0. The van der Waals surface area contributed by atoms with Gasteiger partial charge in [-0.25, -0.2) is 0 Å².